The molecular weight excluding hydrogens is 372 g/mol. The molecule has 0 aliphatic carbocycles. The normalized spacial score (nSPS) is 14.5. The van der Waals surface area contributed by atoms with Crippen LogP contribution in [-0.4, -0.2) is 40.1 Å². The zero-order valence-electron chi connectivity index (χ0n) is 15.1. The number of aryl methyl sites for hydroxylation is 2. The summed E-state index contributed by atoms with van der Waals surface area (Å²) in [5.41, 5.74) is 2.53. The summed E-state index contributed by atoms with van der Waals surface area (Å²) in [7, 11) is 3.24. The molecule has 0 spiro atoms. The number of methoxy groups -OCH3 is 1. The van der Waals surface area contributed by atoms with E-state index in [4.69, 9.17) is 9.47 Å². The van der Waals surface area contributed by atoms with Crippen LogP contribution in [0.15, 0.2) is 18.2 Å². The van der Waals surface area contributed by atoms with E-state index >= 15 is 0 Å². The molecule has 2 heterocycles. The molecule has 0 amide bonds. The molecule has 0 N–H and O–H groups in total. The fourth-order valence-corrected chi connectivity index (χ4v) is 5.65. The molecule has 1 fully saturated rings. The Hall–Kier alpha value is -1.93. The lowest BCUT2D eigenvalue weighted by Crippen LogP contribution is -2.22. The molecule has 138 valence electrons. The van der Waals surface area contributed by atoms with E-state index in [1.54, 1.807) is 31.6 Å². The number of nitrogens with zero attached hydrogens (tertiary/aromatic N) is 2. The average Bonchev–Trinajstić information content (AvgIpc) is 3.24. The van der Waals surface area contributed by atoms with Crippen LogP contribution in [-0.2, 0) is 11.8 Å². The van der Waals surface area contributed by atoms with Gasteiger partial charge in [0.05, 0.1) is 22.9 Å². The van der Waals surface area contributed by atoms with E-state index in [0.29, 0.717) is 21.7 Å². The van der Waals surface area contributed by atoms with Crippen molar-refractivity contribution in [2.75, 3.05) is 18.6 Å². The van der Waals surface area contributed by atoms with Crippen LogP contribution in [0.1, 0.15) is 31.9 Å². The standard InChI is InChI=1S/C18H20N2O4S2/c1-10-15(11(2)20(3)19-10)16(21)17(22)24-13-6-5-12(9-14(13)23-4)18-25-7-8-26-18/h5-6,9,18H,7-8H2,1-4H3. The molecule has 0 bridgehead atoms. The predicted molar refractivity (Wildman–Crippen MR) is 103 cm³/mol. The Labute approximate surface area is 160 Å². The van der Waals surface area contributed by atoms with Crippen molar-refractivity contribution >= 4 is 35.3 Å². The fourth-order valence-electron chi connectivity index (χ4n) is 2.82. The first-order valence-electron chi connectivity index (χ1n) is 8.10. The summed E-state index contributed by atoms with van der Waals surface area (Å²) >= 11 is 3.76. The molecule has 1 saturated heterocycles. The van der Waals surface area contributed by atoms with E-state index in [9.17, 15) is 9.59 Å². The van der Waals surface area contributed by atoms with Crippen LogP contribution in [0.3, 0.4) is 0 Å². The molecule has 26 heavy (non-hydrogen) atoms. The predicted octanol–water partition coefficient (Wildman–Crippen LogP) is 3.31. The molecule has 3 rings (SSSR count). The highest BCUT2D eigenvalue weighted by Gasteiger charge is 2.27. The molecule has 1 aromatic carbocycles. The van der Waals surface area contributed by atoms with E-state index in [1.807, 2.05) is 35.7 Å². The Morgan fingerprint density at radius 2 is 1.88 bits per heavy atom. The minimum absolute atomic E-state index is 0.238. The van der Waals surface area contributed by atoms with Gasteiger partial charge in [0.1, 0.15) is 0 Å². The van der Waals surface area contributed by atoms with Crippen LogP contribution in [0.2, 0.25) is 0 Å². The van der Waals surface area contributed by atoms with Gasteiger partial charge in [0.25, 0.3) is 5.78 Å². The lowest BCUT2D eigenvalue weighted by Gasteiger charge is -2.13. The van der Waals surface area contributed by atoms with Gasteiger partial charge in [-0.2, -0.15) is 5.10 Å². The third-order valence-corrected chi connectivity index (χ3v) is 7.31. The average molecular weight is 393 g/mol. The zero-order chi connectivity index (χ0) is 18.8. The van der Waals surface area contributed by atoms with Crippen molar-refractivity contribution in [1.29, 1.82) is 0 Å². The summed E-state index contributed by atoms with van der Waals surface area (Å²) < 4.78 is 12.6. The number of ketones is 1. The molecule has 0 radical (unpaired) electrons. The first kappa shape index (κ1) is 18.8. The van der Waals surface area contributed by atoms with Crippen molar-refractivity contribution in [1.82, 2.24) is 9.78 Å². The number of thioether (sulfide) groups is 2. The zero-order valence-corrected chi connectivity index (χ0v) is 16.7. The van der Waals surface area contributed by atoms with Crippen molar-refractivity contribution in [3.63, 3.8) is 0 Å². The van der Waals surface area contributed by atoms with Crippen molar-refractivity contribution in [3.8, 4) is 11.5 Å². The molecule has 1 aromatic heterocycles. The number of ether oxygens (including phenoxy) is 2. The molecular formula is C18H20N2O4S2. The van der Waals surface area contributed by atoms with Crippen LogP contribution >= 0.6 is 23.5 Å². The number of hydrogen-bond acceptors (Lipinski definition) is 7. The maximum Gasteiger partial charge on any atom is 0.385 e. The van der Waals surface area contributed by atoms with E-state index in [2.05, 4.69) is 5.10 Å². The summed E-state index contributed by atoms with van der Waals surface area (Å²) in [6.07, 6.45) is 0. The molecule has 0 unspecified atom stereocenters. The van der Waals surface area contributed by atoms with Gasteiger partial charge in [0.2, 0.25) is 0 Å². The van der Waals surface area contributed by atoms with Gasteiger partial charge in [-0.05, 0) is 31.5 Å². The lowest BCUT2D eigenvalue weighted by atomic mass is 10.1. The van der Waals surface area contributed by atoms with E-state index < -0.39 is 11.8 Å². The Morgan fingerprint density at radius 1 is 1.19 bits per heavy atom. The molecule has 0 atom stereocenters. The van der Waals surface area contributed by atoms with Gasteiger partial charge in [-0.25, -0.2) is 4.79 Å². The van der Waals surface area contributed by atoms with E-state index in [-0.39, 0.29) is 11.3 Å². The highest BCUT2D eigenvalue weighted by molar-refractivity contribution is 8.19. The highest BCUT2D eigenvalue weighted by atomic mass is 32.2. The van der Waals surface area contributed by atoms with E-state index in [0.717, 1.165) is 17.1 Å². The second-order valence-electron chi connectivity index (χ2n) is 5.87. The number of aromatic nitrogens is 2. The number of Topliss-reactive ketones (excluding diaryl/α,β-unsaturated/α-hetero) is 1. The van der Waals surface area contributed by atoms with Crippen molar-refractivity contribution in [3.05, 3.63) is 40.7 Å². The van der Waals surface area contributed by atoms with Gasteiger partial charge in [0.15, 0.2) is 11.5 Å². The van der Waals surface area contributed by atoms with Gasteiger partial charge in [-0.15, -0.1) is 23.5 Å². The molecule has 8 heteroatoms. The third-order valence-electron chi connectivity index (χ3n) is 4.21. The highest BCUT2D eigenvalue weighted by Crippen LogP contribution is 2.46. The minimum atomic E-state index is -0.945. The first-order valence-corrected chi connectivity index (χ1v) is 10.2. The monoisotopic (exact) mass is 392 g/mol. The van der Waals surface area contributed by atoms with Gasteiger partial charge in [-0.1, -0.05) is 6.07 Å². The van der Waals surface area contributed by atoms with Crippen LogP contribution in [0.5, 0.6) is 11.5 Å². The second kappa shape index (κ2) is 7.75. The summed E-state index contributed by atoms with van der Waals surface area (Å²) in [6, 6.07) is 5.46. The number of esters is 1. The topological polar surface area (TPSA) is 70.4 Å². The second-order valence-corrected chi connectivity index (χ2v) is 8.60. The Kier molecular flexibility index (Phi) is 5.62. The van der Waals surface area contributed by atoms with E-state index in [1.165, 1.54) is 7.11 Å². The Balaban J connectivity index is 1.81. The van der Waals surface area contributed by atoms with Crippen molar-refractivity contribution in [2.24, 2.45) is 7.05 Å². The maximum atomic E-state index is 12.5. The minimum Gasteiger partial charge on any atom is -0.493 e. The molecule has 6 nitrogen and oxygen atoms in total. The largest absolute Gasteiger partial charge is 0.493 e. The summed E-state index contributed by atoms with van der Waals surface area (Å²) in [5, 5.41) is 4.17. The van der Waals surface area contributed by atoms with Gasteiger partial charge in [-0.3, -0.25) is 9.48 Å². The smallest absolute Gasteiger partial charge is 0.385 e. The van der Waals surface area contributed by atoms with Crippen LogP contribution in [0, 0.1) is 13.8 Å². The number of benzene rings is 1. The van der Waals surface area contributed by atoms with Gasteiger partial charge < -0.3 is 9.47 Å². The summed E-state index contributed by atoms with van der Waals surface area (Å²) in [5.74, 6) is 1.26. The number of carbonyl (C=O) groups is 2. The van der Waals surface area contributed by atoms with Gasteiger partial charge >= 0.3 is 5.97 Å². The fraction of sp³-hybridized carbons (Fsp3) is 0.389. The SMILES string of the molecule is COc1cc(C2SCCS2)ccc1OC(=O)C(=O)c1c(C)nn(C)c1C. The molecule has 2 aromatic rings. The lowest BCUT2D eigenvalue weighted by molar-refractivity contribution is -0.129. The van der Waals surface area contributed by atoms with Crippen LogP contribution < -0.4 is 9.47 Å². The first-order chi connectivity index (χ1) is 12.4. The number of carbonyl (C=O) groups excluding carboxylic acids is 2. The molecule has 1 aliphatic rings. The molecule has 1 aliphatic heterocycles. The third kappa shape index (κ3) is 3.61. The van der Waals surface area contributed by atoms with Crippen LogP contribution in [0.4, 0.5) is 0 Å². The van der Waals surface area contributed by atoms with Gasteiger partial charge in [0, 0.05) is 24.2 Å². The van der Waals surface area contributed by atoms with Crippen molar-refractivity contribution < 1.29 is 19.1 Å². The summed E-state index contributed by atoms with van der Waals surface area (Å²) in [6.45, 7) is 3.44. The Morgan fingerprint density at radius 3 is 2.46 bits per heavy atom. The number of rotatable bonds is 5. The quantitative estimate of drug-likeness (QED) is 0.335. The molecule has 0 saturated carbocycles. The van der Waals surface area contributed by atoms with Crippen molar-refractivity contribution in [2.45, 2.75) is 18.4 Å². The van der Waals surface area contributed by atoms with Crippen LogP contribution in [0.25, 0.3) is 0 Å². The summed E-state index contributed by atoms with van der Waals surface area (Å²) in [4.78, 5) is 24.9. The maximum absolute atomic E-state index is 12.5. The number of hydrogen-bond donors (Lipinski definition) is 0. The Bertz CT molecular complexity index is 857.